The third-order valence-corrected chi connectivity index (χ3v) is 3.25. The molecule has 1 heterocycles. The molecule has 1 amide bonds. The molecule has 6 nitrogen and oxygen atoms in total. The van der Waals surface area contributed by atoms with Crippen LogP contribution in [0.25, 0.3) is 0 Å². The second-order valence-corrected chi connectivity index (χ2v) is 4.76. The Balaban J connectivity index is 2.06. The fourth-order valence-corrected chi connectivity index (χ4v) is 2.22. The molecule has 0 spiro atoms. The Bertz CT molecular complexity index is 522. The number of ether oxygens (including phenoxy) is 2. The van der Waals surface area contributed by atoms with Gasteiger partial charge in [-0.3, -0.25) is 0 Å². The van der Waals surface area contributed by atoms with Crippen LogP contribution in [0, 0.1) is 0 Å². The van der Waals surface area contributed by atoms with Gasteiger partial charge in [-0.15, -0.1) is 0 Å². The van der Waals surface area contributed by atoms with Crippen molar-refractivity contribution >= 4 is 12.1 Å². The maximum atomic E-state index is 11.7. The van der Waals surface area contributed by atoms with Crippen molar-refractivity contribution < 1.29 is 24.2 Å². The van der Waals surface area contributed by atoms with Crippen LogP contribution in [0.5, 0.6) is 0 Å². The van der Waals surface area contributed by atoms with Crippen molar-refractivity contribution in [3.05, 3.63) is 48.6 Å². The number of carboxylic acids is 1. The van der Waals surface area contributed by atoms with E-state index in [0.717, 1.165) is 5.56 Å². The average Bonchev–Trinajstić information content (AvgIpc) is 2.44. The standard InChI is InChI=1S/C15H17NO5/c1-2-8-20-14(19)16-10-15(11-16,21-9-13(17)18)12-6-4-3-5-7-12/h2-7H,1,8-11H2,(H,17,18). The van der Waals surface area contributed by atoms with Crippen LogP contribution in [0.15, 0.2) is 43.0 Å². The number of hydrogen-bond donors (Lipinski definition) is 1. The first-order valence-electron chi connectivity index (χ1n) is 6.51. The van der Waals surface area contributed by atoms with Crippen molar-refractivity contribution in [2.45, 2.75) is 5.60 Å². The molecule has 1 aliphatic heterocycles. The molecule has 112 valence electrons. The summed E-state index contributed by atoms with van der Waals surface area (Å²) in [5.74, 6) is -1.04. The van der Waals surface area contributed by atoms with Crippen molar-refractivity contribution in [2.24, 2.45) is 0 Å². The van der Waals surface area contributed by atoms with Gasteiger partial charge in [0.05, 0.1) is 13.1 Å². The molecule has 2 rings (SSSR count). The van der Waals surface area contributed by atoms with Gasteiger partial charge >= 0.3 is 12.1 Å². The number of likely N-dealkylation sites (tertiary alicyclic amines) is 1. The molecule has 0 radical (unpaired) electrons. The van der Waals surface area contributed by atoms with Crippen LogP contribution in [0.4, 0.5) is 4.79 Å². The molecule has 1 aromatic rings. The molecule has 21 heavy (non-hydrogen) atoms. The summed E-state index contributed by atoms with van der Waals surface area (Å²) in [4.78, 5) is 23.9. The Morgan fingerprint density at radius 1 is 1.33 bits per heavy atom. The summed E-state index contributed by atoms with van der Waals surface area (Å²) in [6, 6.07) is 9.27. The van der Waals surface area contributed by atoms with E-state index in [1.807, 2.05) is 30.3 Å². The quantitative estimate of drug-likeness (QED) is 0.806. The number of rotatable bonds is 6. The Hall–Kier alpha value is -2.34. The minimum absolute atomic E-state index is 0.143. The average molecular weight is 291 g/mol. The second-order valence-electron chi connectivity index (χ2n) is 4.76. The highest BCUT2D eigenvalue weighted by Gasteiger charge is 2.48. The van der Waals surface area contributed by atoms with Crippen LogP contribution < -0.4 is 0 Å². The molecule has 6 heteroatoms. The summed E-state index contributed by atoms with van der Waals surface area (Å²) in [6.45, 7) is 3.73. The number of aliphatic carboxylic acids is 1. The molecule has 1 aromatic carbocycles. The number of carbonyl (C=O) groups excluding carboxylic acids is 1. The predicted molar refractivity (Wildman–Crippen MR) is 74.8 cm³/mol. The number of amides is 1. The van der Waals surface area contributed by atoms with E-state index in [1.54, 1.807) is 0 Å². The van der Waals surface area contributed by atoms with Gasteiger partial charge in [0.25, 0.3) is 0 Å². The van der Waals surface area contributed by atoms with Gasteiger partial charge in [-0.05, 0) is 5.56 Å². The van der Waals surface area contributed by atoms with E-state index in [-0.39, 0.29) is 19.7 Å². The number of carboxylic acid groups (broad SMARTS) is 1. The molecule has 0 saturated carbocycles. The first kappa shape index (κ1) is 15.1. The lowest BCUT2D eigenvalue weighted by atomic mass is 9.86. The molecule has 0 unspecified atom stereocenters. The fourth-order valence-electron chi connectivity index (χ4n) is 2.22. The van der Waals surface area contributed by atoms with Crippen LogP contribution in [0.2, 0.25) is 0 Å². The predicted octanol–water partition coefficient (Wildman–Crippen LogP) is 1.62. The second kappa shape index (κ2) is 6.41. The number of carbonyl (C=O) groups is 2. The van der Waals surface area contributed by atoms with Crippen molar-refractivity contribution in [3.8, 4) is 0 Å². The summed E-state index contributed by atoms with van der Waals surface area (Å²) < 4.78 is 10.5. The zero-order chi connectivity index (χ0) is 15.3. The third-order valence-electron chi connectivity index (χ3n) is 3.25. The van der Waals surface area contributed by atoms with Crippen molar-refractivity contribution in [1.82, 2.24) is 4.90 Å². The SMILES string of the molecule is C=CCOC(=O)N1CC(OCC(=O)O)(c2ccccc2)C1. The summed E-state index contributed by atoms with van der Waals surface area (Å²) in [5, 5.41) is 8.79. The highest BCUT2D eigenvalue weighted by molar-refractivity contribution is 5.70. The van der Waals surface area contributed by atoms with Crippen molar-refractivity contribution in [3.63, 3.8) is 0 Å². The first-order valence-corrected chi connectivity index (χ1v) is 6.51. The van der Waals surface area contributed by atoms with Crippen LogP contribution >= 0.6 is 0 Å². The summed E-state index contributed by atoms with van der Waals surface area (Å²) in [5.41, 5.74) is 0.0614. The molecule has 0 aromatic heterocycles. The summed E-state index contributed by atoms with van der Waals surface area (Å²) >= 11 is 0. The topological polar surface area (TPSA) is 76.1 Å². The molecule has 0 aliphatic carbocycles. The highest BCUT2D eigenvalue weighted by atomic mass is 16.6. The van der Waals surface area contributed by atoms with Crippen LogP contribution in [-0.4, -0.2) is 48.4 Å². The largest absolute Gasteiger partial charge is 0.480 e. The molecular formula is C15H17NO5. The fraction of sp³-hybridized carbons (Fsp3) is 0.333. The van der Waals surface area contributed by atoms with E-state index in [1.165, 1.54) is 11.0 Å². The summed E-state index contributed by atoms with van der Waals surface area (Å²) in [6.07, 6.45) is 1.03. The van der Waals surface area contributed by atoms with Crippen LogP contribution in [-0.2, 0) is 19.9 Å². The molecular weight excluding hydrogens is 274 g/mol. The minimum Gasteiger partial charge on any atom is -0.480 e. The Morgan fingerprint density at radius 3 is 2.57 bits per heavy atom. The molecule has 0 bridgehead atoms. The van der Waals surface area contributed by atoms with Gasteiger partial charge in [-0.2, -0.15) is 0 Å². The maximum absolute atomic E-state index is 11.7. The van der Waals surface area contributed by atoms with Crippen molar-refractivity contribution in [1.29, 1.82) is 0 Å². The zero-order valence-corrected chi connectivity index (χ0v) is 11.5. The minimum atomic E-state index is -1.04. The van der Waals surface area contributed by atoms with Crippen LogP contribution in [0.1, 0.15) is 5.56 Å². The van der Waals surface area contributed by atoms with Gasteiger partial charge in [-0.1, -0.05) is 43.0 Å². The van der Waals surface area contributed by atoms with E-state index in [9.17, 15) is 9.59 Å². The number of benzene rings is 1. The smallest absolute Gasteiger partial charge is 0.410 e. The first-order chi connectivity index (χ1) is 10.1. The lowest BCUT2D eigenvalue weighted by Crippen LogP contribution is -2.63. The molecule has 1 aliphatic rings. The van der Waals surface area contributed by atoms with Gasteiger partial charge < -0.3 is 19.5 Å². The monoisotopic (exact) mass is 291 g/mol. The maximum Gasteiger partial charge on any atom is 0.410 e. The highest BCUT2D eigenvalue weighted by Crippen LogP contribution is 2.36. The number of nitrogens with zero attached hydrogens (tertiary/aromatic N) is 1. The zero-order valence-electron chi connectivity index (χ0n) is 11.5. The van der Waals surface area contributed by atoms with E-state index >= 15 is 0 Å². The van der Waals surface area contributed by atoms with Gasteiger partial charge in [0.1, 0.15) is 18.8 Å². The Kier molecular flexibility index (Phi) is 4.59. The van der Waals surface area contributed by atoms with Gasteiger partial charge in [0, 0.05) is 0 Å². The Labute approximate surface area is 122 Å². The molecule has 1 saturated heterocycles. The molecule has 0 atom stereocenters. The third kappa shape index (κ3) is 3.41. The van der Waals surface area contributed by atoms with E-state index in [0.29, 0.717) is 0 Å². The van der Waals surface area contributed by atoms with Gasteiger partial charge in [0.15, 0.2) is 0 Å². The Morgan fingerprint density at radius 2 is 2.00 bits per heavy atom. The lowest BCUT2D eigenvalue weighted by molar-refractivity contribution is -0.168. The van der Waals surface area contributed by atoms with Gasteiger partial charge in [0.2, 0.25) is 0 Å². The van der Waals surface area contributed by atoms with Crippen molar-refractivity contribution in [2.75, 3.05) is 26.3 Å². The number of hydrogen-bond acceptors (Lipinski definition) is 4. The van der Waals surface area contributed by atoms with E-state index in [2.05, 4.69) is 6.58 Å². The molecule has 1 N–H and O–H groups in total. The molecule has 1 fully saturated rings. The lowest BCUT2D eigenvalue weighted by Gasteiger charge is -2.48. The van der Waals surface area contributed by atoms with E-state index in [4.69, 9.17) is 14.6 Å². The van der Waals surface area contributed by atoms with Crippen LogP contribution in [0.3, 0.4) is 0 Å². The van der Waals surface area contributed by atoms with E-state index < -0.39 is 24.3 Å². The summed E-state index contributed by atoms with van der Waals surface area (Å²) in [7, 11) is 0. The normalized spacial score (nSPS) is 15.9. The van der Waals surface area contributed by atoms with Gasteiger partial charge in [-0.25, -0.2) is 9.59 Å².